The van der Waals surface area contributed by atoms with E-state index < -0.39 is 0 Å². The van der Waals surface area contributed by atoms with Crippen LogP contribution < -0.4 is 21.3 Å². The average molecular weight is 428 g/mol. The van der Waals surface area contributed by atoms with E-state index in [2.05, 4.69) is 31.2 Å². The predicted octanol–water partition coefficient (Wildman–Crippen LogP) is 4.39. The minimum Gasteiger partial charge on any atom is -0.467 e. The van der Waals surface area contributed by atoms with E-state index >= 15 is 0 Å². The standard InChI is InChI=1S/C23H20N6O3/c30-21(16-4-1-5-19(14-16)28-22-24-11-3-12-25-22)27-17-7-9-18(10-8-17)29-23(31)26-15-20-6-2-13-32-20/h1-14H,15H2,(H,27,30)(H,24,25,28)(H2,26,29,31). The molecule has 160 valence electrons. The Hall–Kier alpha value is -4.66. The first-order valence-corrected chi connectivity index (χ1v) is 9.78. The molecule has 2 aromatic heterocycles. The van der Waals surface area contributed by atoms with Gasteiger partial charge in [0.1, 0.15) is 5.76 Å². The average Bonchev–Trinajstić information content (AvgIpc) is 3.34. The summed E-state index contributed by atoms with van der Waals surface area (Å²) in [6, 6.07) is 18.7. The van der Waals surface area contributed by atoms with Crippen molar-refractivity contribution in [3.8, 4) is 0 Å². The van der Waals surface area contributed by atoms with Crippen LogP contribution in [0.3, 0.4) is 0 Å². The Bertz CT molecular complexity index is 1180. The molecule has 32 heavy (non-hydrogen) atoms. The lowest BCUT2D eigenvalue weighted by molar-refractivity contribution is 0.102. The van der Waals surface area contributed by atoms with Gasteiger partial charge >= 0.3 is 6.03 Å². The maximum absolute atomic E-state index is 12.6. The number of anilines is 4. The maximum atomic E-state index is 12.6. The lowest BCUT2D eigenvalue weighted by atomic mass is 10.2. The van der Waals surface area contributed by atoms with E-state index in [1.165, 1.54) is 0 Å². The molecule has 0 aliphatic heterocycles. The largest absolute Gasteiger partial charge is 0.467 e. The van der Waals surface area contributed by atoms with Crippen LogP contribution in [0.5, 0.6) is 0 Å². The van der Waals surface area contributed by atoms with E-state index in [-0.39, 0.29) is 18.5 Å². The molecule has 4 N–H and O–H groups in total. The fraction of sp³-hybridized carbons (Fsp3) is 0.0435. The van der Waals surface area contributed by atoms with Crippen LogP contribution in [-0.2, 0) is 6.54 Å². The van der Waals surface area contributed by atoms with Gasteiger partial charge in [-0.05, 0) is 60.7 Å². The predicted molar refractivity (Wildman–Crippen MR) is 121 cm³/mol. The Kier molecular flexibility index (Phi) is 6.37. The lowest BCUT2D eigenvalue weighted by Gasteiger charge is -2.10. The van der Waals surface area contributed by atoms with Crippen molar-refractivity contribution in [1.29, 1.82) is 0 Å². The minimum absolute atomic E-state index is 0.264. The number of benzene rings is 2. The van der Waals surface area contributed by atoms with E-state index in [0.717, 1.165) is 0 Å². The molecule has 0 radical (unpaired) electrons. The maximum Gasteiger partial charge on any atom is 0.319 e. The Balaban J connectivity index is 1.31. The summed E-state index contributed by atoms with van der Waals surface area (Å²) in [4.78, 5) is 32.8. The van der Waals surface area contributed by atoms with Crippen molar-refractivity contribution in [1.82, 2.24) is 15.3 Å². The zero-order valence-electron chi connectivity index (χ0n) is 16.9. The molecule has 3 amide bonds. The smallest absolute Gasteiger partial charge is 0.319 e. The second-order valence-corrected chi connectivity index (χ2v) is 6.70. The number of furan rings is 1. The van der Waals surface area contributed by atoms with Crippen molar-refractivity contribution in [2.24, 2.45) is 0 Å². The number of carbonyl (C=O) groups excluding carboxylic acids is 2. The monoisotopic (exact) mass is 428 g/mol. The summed E-state index contributed by atoms with van der Waals surface area (Å²) in [6.07, 6.45) is 4.81. The highest BCUT2D eigenvalue weighted by molar-refractivity contribution is 6.05. The summed E-state index contributed by atoms with van der Waals surface area (Å²) >= 11 is 0. The van der Waals surface area contributed by atoms with Crippen LogP contribution in [0.25, 0.3) is 0 Å². The highest BCUT2D eigenvalue weighted by Crippen LogP contribution is 2.18. The van der Waals surface area contributed by atoms with Gasteiger partial charge in [-0.15, -0.1) is 0 Å². The molecule has 0 spiro atoms. The molecule has 0 aliphatic rings. The van der Waals surface area contributed by atoms with Gasteiger partial charge in [0.05, 0.1) is 12.8 Å². The van der Waals surface area contributed by atoms with Gasteiger partial charge in [-0.25, -0.2) is 14.8 Å². The van der Waals surface area contributed by atoms with E-state index in [0.29, 0.717) is 34.3 Å². The molecule has 0 atom stereocenters. The van der Waals surface area contributed by atoms with Crippen molar-refractivity contribution in [2.75, 3.05) is 16.0 Å². The van der Waals surface area contributed by atoms with Crippen LogP contribution in [0.15, 0.2) is 89.8 Å². The third kappa shape index (κ3) is 5.70. The molecule has 4 rings (SSSR count). The van der Waals surface area contributed by atoms with Gasteiger partial charge in [0.25, 0.3) is 5.91 Å². The first-order chi connectivity index (χ1) is 15.7. The zero-order valence-corrected chi connectivity index (χ0v) is 16.9. The first-order valence-electron chi connectivity index (χ1n) is 9.78. The Morgan fingerprint density at radius 2 is 1.56 bits per heavy atom. The number of nitrogens with zero attached hydrogens (tertiary/aromatic N) is 2. The molecule has 9 heteroatoms. The van der Waals surface area contributed by atoms with Crippen LogP contribution in [0, 0.1) is 0 Å². The van der Waals surface area contributed by atoms with E-state index in [1.807, 2.05) is 6.07 Å². The Labute approximate surface area is 183 Å². The fourth-order valence-electron chi connectivity index (χ4n) is 2.83. The second kappa shape index (κ2) is 9.90. The first kappa shape index (κ1) is 20.6. The van der Waals surface area contributed by atoms with Gasteiger partial charge in [0.15, 0.2) is 0 Å². The molecule has 0 saturated carbocycles. The Morgan fingerprint density at radius 1 is 0.812 bits per heavy atom. The van der Waals surface area contributed by atoms with Crippen molar-refractivity contribution < 1.29 is 14.0 Å². The van der Waals surface area contributed by atoms with Gasteiger partial charge in [0.2, 0.25) is 5.95 Å². The number of rotatable bonds is 7. The molecular weight excluding hydrogens is 408 g/mol. The van der Waals surface area contributed by atoms with E-state index in [1.54, 1.807) is 79.3 Å². The van der Waals surface area contributed by atoms with Crippen molar-refractivity contribution in [3.63, 3.8) is 0 Å². The van der Waals surface area contributed by atoms with Crippen LogP contribution in [0.4, 0.5) is 27.8 Å². The summed E-state index contributed by atoms with van der Waals surface area (Å²) in [7, 11) is 0. The number of nitrogens with one attached hydrogen (secondary N) is 4. The highest BCUT2D eigenvalue weighted by atomic mass is 16.3. The molecule has 2 aromatic carbocycles. The van der Waals surface area contributed by atoms with Crippen molar-refractivity contribution in [2.45, 2.75) is 6.54 Å². The van der Waals surface area contributed by atoms with Crippen molar-refractivity contribution >= 4 is 34.9 Å². The summed E-state index contributed by atoms with van der Waals surface area (Å²) in [5, 5.41) is 11.3. The lowest BCUT2D eigenvalue weighted by Crippen LogP contribution is -2.27. The summed E-state index contributed by atoms with van der Waals surface area (Å²) in [6.45, 7) is 0.289. The molecule has 0 fully saturated rings. The fourth-order valence-corrected chi connectivity index (χ4v) is 2.83. The van der Waals surface area contributed by atoms with Gasteiger partial charge in [-0.1, -0.05) is 6.07 Å². The van der Waals surface area contributed by atoms with Crippen molar-refractivity contribution in [3.05, 3.63) is 96.7 Å². The normalized spacial score (nSPS) is 10.2. The summed E-state index contributed by atoms with van der Waals surface area (Å²) < 4.78 is 5.17. The molecule has 9 nitrogen and oxygen atoms in total. The summed E-state index contributed by atoms with van der Waals surface area (Å²) in [5.74, 6) is 0.842. The zero-order chi connectivity index (χ0) is 22.2. The molecule has 2 heterocycles. The number of aromatic nitrogens is 2. The van der Waals surface area contributed by atoms with Gasteiger partial charge in [0, 0.05) is 35.0 Å². The number of carbonyl (C=O) groups is 2. The van der Waals surface area contributed by atoms with E-state index in [9.17, 15) is 9.59 Å². The molecule has 0 bridgehead atoms. The van der Waals surface area contributed by atoms with Crippen LogP contribution >= 0.6 is 0 Å². The quantitative estimate of drug-likeness (QED) is 0.346. The minimum atomic E-state index is -0.357. The third-order valence-corrected chi connectivity index (χ3v) is 4.35. The van der Waals surface area contributed by atoms with Crippen LogP contribution in [-0.4, -0.2) is 21.9 Å². The van der Waals surface area contributed by atoms with Crippen LogP contribution in [0.1, 0.15) is 16.1 Å². The van der Waals surface area contributed by atoms with Gasteiger partial charge in [-0.2, -0.15) is 0 Å². The number of hydrogen-bond acceptors (Lipinski definition) is 6. The number of amides is 3. The number of urea groups is 1. The highest BCUT2D eigenvalue weighted by Gasteiger charge is 2.08. The SMILES string of the molecule is O=C(NCc1ccco1)Nc1ccc(NC(=O)c2cccc(Nc3ncccn3)c2)cc1. The molecule has 0 saturated heterocycles. The van der Waals surface area contributed by atoms with Gasteiger partial charge in [-0.3, -0.25) is 4.79 Å². The van der Waals surface area contributed by atoms with E-state index in [4.69, 9.17) is 4.42 Å². The Morgan fingerprint density at radius 3 is 2.28 bits per heavy atom. The summed E-state index contributed by atoms with van der Waals surface area (Å²) in [5.41, 5.74) is 2.37. The molecule has 0 unspecified atom stereocenters. The second-order valence-electron chi connectivity index (χ2n) is 6.70. The van der Waals surface area contributed by atoms with Crippen LogP contribution in [0.2, 0.25) is 0 Å². The van der Waals surface area contributed by atoms with Gasteiger partial charge < -0.3 is 25.7 Å². The molecule has 0 aliphatic carbocycles. The molecular formula is C23H20N6O3. The topological polar surface area (TPSA) is 121 Å². The third-order valence-electron chi connectivity index (χ3n) is 4.35. The number of hydrogen-bond donors (Lipinski definition) is 4. The molecule has 4 aromatic rings.